The second-order valence-electron chi connectivity index (χ2n) is 7.18. The lowest BCUT2D eigenvalue weighted by Gasteiger charge is -2.16. The predicted molar refractivity (Wildman–Crippen MR) is 120 cm³/mol. The average molecular weight is 464 g/mol. The maximum Gasteiger partial charge on any atom is 0.303 e. The van der Waals surface area contributed by atoms with Gasteiger partial charge in [0.15, 0.2) is 11.9 Å². The number of ether oxygens (including phenoxy) is 1. The summed E-state index contributed by atoms with van der Waals surface area (Å²) in [5.74, 6) is 0.488. The van der Waals surface area contributed by atoms with Gasteiger partial charge in [-0.25, -0.2) is 4.98 Å². The molecule has 0 bridgehead atoms. The van der Waals surface area contributed by atoms with Gasteiger partial charge in [-0.1, -0.05) is 54.9 Å². The van der Waals surface area contributed by atoms with E-state index in [1.165, 1.54) is 18.7 Å². The molecule has 0 N–H and O–H groups in total. The lowest BCUT2D eigenvalue weighted by Crippen LogP contribution is -2.14. The second kappa shape index (κ2) is 9.86. The maximum absolute atomic E-state index is 11.6. The molecular weight excluding hydrogens is 441 g/mol. The van der Waals surface area contributed by atoms with E-state index < -0.39 is 6.10 Å². The van der Waals surface area contributed by atoms with Gasteiger partial charge in [0.05, 0.1) is 17.9 Å². The molecule has 1 unspecified atom stereocenters. The summed E-state index contributed by atoms with van der Waals surface area (Å²) >= 11 is 14.0. The fraction of sp³-hybridized carbons (Fsp3) is 0.318. The minimum atomic E-state index is -0.499. The summed E-state index contributed by atoms with van der Waals surface area (Å²) in [5, 5.41) is 2.09. The van der Waals surface area contributed by atoms with Gasteiger partial charge >= 0.3 is 5.97 Å². The number of carbonyl (C=O) groups is 1. The molecule has 158 valence electrons. The standard InChI is InChI=1S/C22H23Cl2N3O2S/c1-13(2)20-22(30-19-10-16(23)9-17(24)11-19)27(12-18-7-5-6-8-25-18)21(26-20)14(3)29-15(4)28/h5-11,13-14H,12H2,1-4H3. The van der Waals surface area contributed by atoms with Crippen LogP contribution in [0.3, 0.4) is 0 Å². The van der Waals surface area contributed by atoms with E-state index in [1.54, 1.807) is 12.3 Å². The summed E-state index contributed by atoms with van der Waals surface area (Å²) in [4.78, 5) is 21.8. The Morgan fingerprint density at radius 2 is 1.87 bits per heavy atom. The molecule has 5 nitrogen and oxygen atoms in total. The fourth-order valence-corrected chi connectivity index (χ4v) is 4.98. The zero-order chi connectivity index (χ0) is 21.8. The van der Waals surface area contributed by atoms with Crippen LogP contribution < -0.4 is 0 Å². The Morgan fingerprint density at radius 1 is 1.17 bits per heavy atom. The van der Waals surface area contributed by atoms with E-state index in [1.807, 2.05) is 37.3 Å². The second-order valence-corrected chi connectivity index (χ2v) is 9.12. The van der Waals surface area contributed by atoms with E-state index in [-0.39, 0.29) is 11.9 Å². The molecule has 0 amide bonds. The molecule has 1 atom stereocenters. The molecule has 0 saturated heterocycles. The number of esters is 1. The Labute approximate surface area is 190 Å². The minimum absolute atomic E-state index is 0.162. The number of benzene rings is 1. The molecule has 2 aromatic heterocycles. The number of rotatable bonds is 7. The molecule has 0 aliphatic rings. The summed E-state index contributed by atoms with van der Waals surface area (Å²) in [6.45, 7) is 7.90. The van der Waals surface area contributed by atoms with Crippen molar-refractivity contribution in [2.45, 2.75) is 56.2 Å². The third-order valence-corrected chi connectivity index (χ3v) is 5.86. The minimum Gasteiger partial charge on any atom is -0.455 e. The summed E-state index contributed by atoms with van der Waals surface area (Å²) in [6.07, 6.45) is 1.26. The fourth-order valence-electron chi connectivity index (χ4n) is 3.07. The number of pyridine rings is 1. The summed E-state index contributed by atoms with van der Waals surface area (Å²) in [7, 11) is 0. The summed E-state index contributed by atoms with van der Waals surface area (Å²) < 4.78 is 7.52. The highest BCUT2D eigenvalue weighted by molar-refractivity contribution is 7.99. The van der Waals surface area contributed by atoms with Crippen molar-refractivity contribution in [1.82, 2.24) is 14.5 Å². The number of carbonyl (C=O) groups excluding carboxylic acids is 1. The molecule has 8 heteroatoms. The molecule has 0 radical (unpaired) electrons. The highest BCUT2D eigenvalue weighted by Crippen LogP contribution is 2.38. The molecule has 1 aromatic carbocycles. The number of halogens is 2. The molecule has 0 aliphatic heterocycles. The Balaban J connectivity index is 2.13. The molecule has 0 aliphatic carbocycles. The normalized spacial score (nSPS) is 12.2. The maximum atomic E-state index is 11.6. The van der Waals surface area contributed by atoms with Crippen LogP contribution in [0.25, 0.3) is 0 Å². The van der Waals surface area contributed by atoms with E-state index in [0.29, 0.717) is 22.4 Å². The van der Waals surface area contributed by atoms with Crippen LogP contribution in [0.1, 0.15) is 56.9 Å². The first-order valence-corrected chi connectivity index (χ1v) is 11.1. The first-order valence-electron chi connectivity index (χ1n) is 9.56. The van der Waals surface area contributed by atoms with Crippen molar-refractivity contribution in [3.05, 3.63) is 69.9 Å². The van der Waals surface area contributed by atoms with Crippen LogP contribution in [0.4, 0.5) is 0 Å². The number of hydrogen-bond donors (Lipinski definition) is 0. The zero-order valence-electron chi connectivity index (χ0n) is 17.2. The lowest BCUT2D eigenvalue weighted by atomic mass is 10.1. The van der Waals surface area contributed by atoms with Gasteiger partial charge in [-0.05, 0) is 43.2 Å². The highest BCUT2D eigenvalue weighted by atomic mass is 35.5. The predicted octanol–water partition coefficient (Wildman–Crippen LogP) is 6.53. The zero-order valence-corrected chi connectivity index (χ0v) is 19.6. The van der Waals surface area contributed by atoms with Gasteiger partial charge in [-0.2, -0.15) is 0 Å². The van der Waals surface area contributed by atoms with Gasteiger partial charge in [0.25, 0.3) is 0 Å². The molecule has 3 rings (SSSR count). The largest absolute Gasteiger partial charge is 0.455 e. The Bertz CT molecular complexity index is 1020. The molecule has 0 spiro atoms. The number of nitrogens with zero attached hydrogens (tertiary/aromatic N) is 3. The molecular formula is C22H23Cl2N3O2S. The van der Waals surface area contributed by atoms with Gasteiger partial charge in [0.2, 0.25) is 0 Å². The van der Waals surface area contributed by atoms with Crippen molar-refractivity contribution in [3.8, 4) is 0 Å². The van der Waals surface area contributed by atoms with Gasteiger partial charge < -0.3 is 9.30 Å². The smallest absolute Gasteiger partial charge is 0.303 e. The third-order valence-electron chi connectivity index (χ3n) is 4.33. The van der Waals surface area contributed by atoms with Crippen molar-refractivity contribution >= 4 is 40.9 Å². The van der Waals surface area contributed by atoms with Crippen molar-refractivity contribution in [2.75, 3.05) is 0 Å². The van der Waals surface area contributed by atoms with Gasteiger partial charge in [-0.15, -0.1) is 0 Å². The molecule has 0 saturated carbocycles. The van der Waals surface area contributed by atoms with Crippen LogP contribution in [0.2, 0.25) is 10.0 Å². The topological polar surface area (TPSA) is 57.0 Å². The lowest BCUT2D eigenvalue weighted by molar-refractivity contribution is -0.146. The number of imidazole rings is 1. The van der Waals surface area contributed by atoms with Gasteiger partial charge in [0.1, 0.15) is 5.03 Å². The van der Waals surface area contributed by atoms with Crippen LogP contribution in [-0.2, 0) is 16.1 Å². The highest BCUT2D eigenvalue weighted by Gasteiger charge is 2.25. The van der Waals surface area contributed by atoms with Crippen LogP contribution in [0, 0.1) is 0 Å². The van der Waals surface area contributed by atoms with E-state index in [2.05, 4.69) is 23.4 Å². The number of hydrogen-bond acceptors (Lipinski definition) is 5. The molecule has 30 heavy (non-hydrogen) atoms. The van der Waals surface area contributed by atoms with E-state index in [4.69, 9.17) is 32.9 Å². The average Bonchev–Trinajstić information content (AvgIpc) is 3.00. The van der Waals surface area contributed by atoms with Crippen LogP contribution in [-0.4, -0.2) is 20.5 Å². The van der Waals surface area contributed by atoms with Gasteiger partial charge in [-0.3, -0.25) is 9.78 Å². The number of aromatic nitrogens is 3. The van der Waals surface area contributed by atoms with E-state index >= 15 is 0 Å². The third kappa shape index (κ3) is 5.56. The Kier molecular flexibility index (Phi) is 7.45. The summed E-state index contributed by atoms with van der Waals surface area (Å²) in [6, 6.07) is 11.2. The Hall–Kier alpha value is -2.02. The van der Waals surface area contributed by atoms with Crippen LogP contribution >= 0.6 is 35.0 Å². The van der Waals surface area contributed by atoms with E-state index in [0.717, 1.165) is 21.3 Å². The molecule has 2 heterocycles. The first kappa shape index (κ1) is 22.7. The monoisotopic (exact) mass is 463 g/mol. The van der Waals surface area contributed by atoms with Crippen molar-refractivity contribution in [2.24, 2.45) is 0 Å². The first-order chi connectivity index (χ1) is 14.2. The van der Waals surface area contributed by atoms with Gasteiger partial charge in [0, 0.05) is 28.1 Å². The Morgan fingerprint density at radius 3 is 2.43 bits per heavy atom. The quantitative estimate of drug-likeness (QED) is 0.372. The SMILES string of the molecule is CC(=O)OC(C)c1nc(C(C)C)c(Sc2cc(Cl)cc(Cl)c2)n1Cc1ccccn1. The summed E-state index contributed by atoms with van der Waals surface area (Å²) in [5.41, 5.74) is 1.80. The van der Waals surface area contributed by atoms with Crippen molar-refractivity contribution in [3.63, 3.8) is 0 Å². The van der Waals surface area contributed by atoms with Crippen molar-refractivity contribution in [1.29, 1.82) is 0 Å². The van der Waals surface area contributed by atoms with E-state index in [9.17, 15) is 4.79 Å². The molecule has 0 fully saturated rings. The molecule has 3 aromatic rings. The van der Waals surface area contributed by atoms with Crippen molar-refractivity contribution < 1.29 is 9.53 Å². The van der Waals surface area contributed by atoms with Crippen LogP contribution in [0.15, 0.2) is 52.5 Å². The van der Waals surface area contributed by atoms with Crippen LogP contribution in [0.5, 0.6) is 0 Å².